The quantitative estimate of drug-likeness (QED) is 0.647. The summed E-state index contributed by atoms with van der Waals surface area (Å²) in [5, 5.41) is 9.16. The first kappa shape index (κ1) is 9.02. The van der Waals surface area contributed by atoms with Crippen LogP contribution in [0.15, 0.2) is 0 Å². The Hall–Kier alpha value is -0.550. The number of likely N-dealkylation sites (tertiary alicyclic amines) is 1. The maximum absolute atomic E-state index is 9.16. The molecule has 0 aromatic heterocycles. The lowest BCUT2D eigenvalue weighted by atomic mass is 9.73. The first-order chi connectivity index (χ1) is 6.33. The summed E-state index contributed by atoms with van der Waals surface area (Å²) in [5.74, 6) is 1.04. The van der Waals surface area contributed by atoms with E-state index in [0.717, 1.165) is 5.92 Å². The van der Waals surface area contributed by atoms with Crippen molar-refractivity contribution in [1.82, 2.24) is 4.90 Å². The minimum absolute atomic E-state index is 0.321. The highest BCUT2D eigenvalue weighted by atomic mass is 15.1. The lowest BCUT2D eigenvalue weighted by Crippen LogP contribution is -2.38. The van der Waals surface area contributed by atoms with Crippen molar-refractivity contribution in [3.05, 3.63) is 0 Å². The summed E-state index contributed by atoms with van der Waals surface area (Å²) >= 11 is 0. The normalized spacial score (nSPS) is 32.5. The fraction of sp³-hybridized carbons (Fsp3) is 0.909. The van der Waals surface area contributed by atoms with E-state index in [1.165, 1.54) is 38.6 Å². The van der Waals surface area contributed by atoms with Crippen LogP contribution in [0.2, 0.25) is 0 Å². The Bertz CT molecular complexity index is 215. The van der Waals surface area contributed by atoms with E-state index in [0.29, 0.717) is 12.0 Å². The number of rotatable bonds is 2. The molecule has 2 aliphatic rings. The van der Waals surface area contributed by atoms with Gasteiger partial charge in [0.15, 0.2) is 0 Å². The third-order valence-corrected chi connectivity index (χ3v) is 3.80. The van der Waals surface area contributed by atoms with Crippen molar-refractivity contribution in [1.29, 1.82) is 5.26 Å². The fourth-order valence-electron chi connectivity index (χ4n) is 2.69. The predicted molar refractivity (Wildman–Crippen MR) is 52.1 cm³/mol. The largest absolute Gasteiger partial charge is 0.302 e. The van der Waals surface area contributed by atoms with E-state index in [1.54, 1.807) is 0 Å². The summed E-state index contributed by atoms with van der Waals surface area (Å²) in [6.07, 6.45) is 6.46. The maximum Gasteiger partial charge on any atom is 0.0675 e. The Kier molecular flexibility index (Phi) is 2.55. The van der Waals surface area contributed by atoms with E-state index in [1.807, 2.05) is 0 Å². The standard InChI is InChI=1S/C11H18N2/c1-13-7-3-6-11(13)10(8-12)9-4-2-5-9/h9-11H,2-7H2,1H3. The molecule has 2 rings (SSSR count). The zero-order valence-electron chi connectivity index (χ0n) is 8.37. The van der Waals surface area contributed by atoms with Crippen LogP contribution < -0.4 is 0 Å². The van der Waals surface area contributed by atoms with Crippen LogP contribution in [-0.2, 0) is 0 Å². The number of nitrogens with zero attached hydrogens (tertiary/aromatic N) is 2. The molecule has 13 heavy (non-hydrogen) atoms. The smallest absolute Gasteiger partial charge is 0.0675 e. The van der Waals surface area contributed by atoms with Gasteiger partial charge in [-0.2, -0.15) is 5.26 Å². The van der Waals surface area contributed by atoms with Crippen LogP contribution in [0.5, 0.6) is 0 Å². The van der Waals surface area contributed by atoms with Crippen LogP contribution in [0.25, 0.3) is 0 Å². The Morgan fingerprint density at radius 1 is 1.31 bits per heavy atom. The van der Waals surface area contributed by atoms with Crippen molar-refractivity contribution in [3.8, 4) is 6.07 Å². The topological polar surface area (TPSA) is 27.0 Å². The Balaban J connectivity index is 1.99. The van der Waals surface area contributed by atoms with E-state index in [-0.39, 0.29) is 0 Å². The van der Waals surface area contributed by atoms with Gasteiger partial charge in [0.25, 0.3) is 0 Å². The van der Waals surface area contributed by atoms with Gasteiger partial charge in [0.2, 0.25) is 0 Å². The second-order valence-electron chi connectivity index (χ2n) is 4.54. The molecule has 2 nitrogen and oxygen atoms in total. The highest BCUT2D eigenvalue weighted by Gasteiger charge is 2.37. The van der Waals surface area contributed by atoms with Crippen molar-refractivity contribution in [2.45, 2.75) is 38.1 Å². The van der Waals surface area contributed by atoms with Crippen LogP contribution in [0.1, 0.15) is 32.1 Å². The summed E-state index contributed by atoms with van der Waals surface area (Å²) in [6.45, 7) is 1.19. The molecule has 1 saturated carbocycles. The number of nitriles is 1. The monoisotopic (exact) mass is 178 g/mol. The molecule has 0 bridgehead atoms. The van der Waals surface area contributed by atoms with Crippen LogP contribution in [0.3, 0.4) is 0 Å². The van der Waals surface area contributed by atoms with E-state index in [9.17, 15) is 0 Å². The Morgan fingerprint density at radius 2 is 2.08 bits per heavy atom. The zero-order valence-corrected chi connectivity index (χ0v) is 8.37. The van der Waals surface area contributed by atoms with Crippen LogP contribution >= 0.6 is 0 Å². The summed E-state index contributed by atoms with van der Waals surface area (Å²) in [4.78, 5) is 2.38. The van der Waals surface area contributed by atoms with E-state index in [4.69, 9.17) is 5.26 Å². The Morgan fingerprint density at radius 3 is 2.46 bits per heavy atom. The minimum Gasteiger partial charge on any atom is -0.302 e. The van der Waals surface area contributed by atoms with Crippen molar-refractivity contribution in [3.63, 3.8) is 0 Å². The van der Waals surface area contributed by atoms with Gasteiger partial charge < -0.3 is 4.90 Å². The SMILES string of the molecule is CN1CCCC1C(C#N)C1CCC1. The molecule has 1 heterocycles. The molecule has 0 amide bonds. The maximum atomic E-state index is 9.16. The van der Waals surface area contributed by atoms with Gasteiger partial charge in [0.05, 0.1) is 12.0 Å². The highest BCUT2D eigenvalue weighted by molar-refractivity contribution is 5.00. The fourth-order valence-corrected chi connectivity index (χ4v) is 2.69. The van der Waals surface area contributed by atoms with Crippen molar-refractivity contribution in [2.24, 2.45) is 11.8 Å². The molecule has 0 aromatic carbocycles. The third kappa shape index (κ3) is 1.58. The highest BCUT2D eigenvalue weighted by Crippen LogP contribution is 2.38. The van der Waals surface area contributed by atoms with E-state index in [2.05, 4.69) is 18.0 Å². The first-order valence-electron chi connectivity index (χ1n) is 5.43. The molecule has 2 fully saturated rings. The molecule has 2 unspecified atom stereocenters. The zero-order chi connectivity index (χ0) is 9.26. The summed E-state index contributed by atoms with van der Waals surface area (Å²) in [7, 11) is 2.17. The summed E-state index contributed by atoms with van der Waals surface area (Å²) < 4.78 is 0. The van der Waals surface area contributed by atoms with Gasteiger partial charge in [-0.1, -0.05) is 6.42 Å². The molecule has 1 aliphatic heterocycles. The molecule has 0 radical (unpaired) electrons. The summed E-state index contributed by atoms with van der Waals surface area (Å²) in [5.41, 5.74) is 0. The number of hydrogen-bond donors (Lipinski definition) is 0. The number of hydrogen-bond acceptors (Lipinski definition) is 2. The van der Waals surface area contributed by atoms with Gasteiger partial charge in [-0.15, -0.1) is 0 Å². The van der Waals surface area contributed by atoms with E-state index >= 15 is 0 Å². The lowest BCUT2D eigenvalue weighted by Gasteiger charge is -2.35. The van der Waals surface area contributed by atoms with Gasteiger partial charge in [-0.05, 0) is 45.2 Å². The molecule has 0 aromatic rings. The predicted octanol–water partition coefficient (Wildman–Crippen LogP) is 2.02. The minimum atomic E-state index is 0.321. The molecule has 1 aliphatic carbocycles. The average Bonchev–Trinajstić information content (AvgIpc) is 2.43. The van der Waals surface area contributed by atoms with Crippen molar-refractivity contribution >= 4 is 0 Å². The second kappa shape index (κ2) is 3.67. The van der Waals surface area contributed by atoms with Gasteiger partial charge in [0.1, 0.15) is 0 Å². The molecule has 0 spiro atoms. The molecule has 0 N–H and O–H groups in total. The molecule has 72 valence electrons. The molecule has 2 heteroatoms. The lowest BCUT2D eigenvalue weighted by molar-refractivity contribution is 0.154. The van der Waals surface area contributed by atoms with Crippen LogP contribution in [-0.4, -0.2) is 24.5 Å². The van der Waals surface area contributed by atoms with E-state index < -0.39 is 0 Å². The van der Waals surface area contributed by atoms with Crippen LogP contribution in [0.4, 0.5) is 0 Å². The molecule has 2 atom stereocenters. The molecular weight excluding hydrogens is 160 g/mol. The van der Waals surface area contributed by atoms with Gasteiger partial charge in [0, 0.05) is 6.04 Å². The second-order valence-corrected chi connectivity index (χ2v) is 4.54. The van der Waals surface area contributed by atoms with Crippen molar-refractivity contribution < 1.29 is 0 Å². The van der Waals surface area contributed by atoms with Gasteiger partial charge in [-0.25, -0.2) is 0 Å². The van der Waals surface area contributed by atoms with Gasteiger partial charge >= 0.3 is 0 Å². The average molecular weight is 178 g/mol. The molecule has 1 saturated heterocycles. The van der Waals surface area contributed by atoms with Crippen molar-refractivity contribution in [2.75, 3.05) is 13.6 Å². The summed E-state index contributed by atoms with van der Waals surface area (Å²) in [6, 6.07) is 3.10. The first-order valence-corrected chi connectivity index (χ1v) is 5.43. The van der Waals surface area contributed by atoms with Crippen LogP contribution in [0, 0.1) is 23.2 Å². The van der Waals surface area contributed by atoms with Gasteiger partial charge in [-0.3, -0.25) is 0 Å². The third-order valence-electron chi connectivity index (χ3n) is 3.80. The Labute approximate surface area is 80.5 Å². The molecular formula is C11H18N2.